The van der Waals surface area contributed by atoms with Gasteiger partial charge in [-0.25, -0.2) is 0 Å². The van der Waals surface area contributed by atoms with E-state index in [1.54, 1.807) is 14.0 Å². The molecular weight excluding hydrogens is 190 g/mol. The van der Waals surface area contributed by atoms with E-state index in [1.165, 1.54) is 0 Å². The van der Waals surface area contributed by atoms with Crippen molar-refractivity contribution in [1.82, 2.24) is 0 Å². The smallest absolute Gasteiger partial charge is 0.0761 e. The molecule has 0 fully saturated rings. The van der Waals surface area contributed by atoms with Gasteiger partial charge in [0.2, 0.25) is 0 Å². The number of hydrogen-bond acceptors (Lipinski definition) is 3. The van der Waals surface area contributed by atoms with E-state index in [0.717, 1.165) is 17.8 Å². The summed E-state index contributed by atoms with van der Waals surface area (Å²) in [7, 11) is 3.72. The Hall–Kier alpha value is -1.06. The molecule has 0 spiro atoms. The van der Waals surface area contributed by atoms with Crippen molar-refractivity contribution in [1.29, 1.82) is 0 Å². The van der Waals surface area contributed by atoms with Gasteiger partial charge in [-0.1, -0.05) is 12.1 Å². The van der Waals surface area contributed by atoms with Crippen LogP contribution in [0.2, 0.25) is 0 Å². The lowest BCUT2D eigenvalue weighted by molar-refractivity contribution is 0.199. The van der Waals surface area contributed by atoms with Crippen molar-refractivity contribution in [2.45, 2.75) is 13.0 Å². The summed E-state index contributed by atoms with van der Waals surface area (Å²) in [6, 6.07) is 7.92. The van der Waals surface area contributed by atoms with Gasteiger partial charge in [-0.15, -0.1) is 0 Å². The maximum Gasteiger partial charge on any atom is 0.0761 e. The number of hydrogen-bond donors (Lipinski definition) is 1. The maximum absolute atomic E-state index is 9.36. The zero-order chi connectivity index (χ0) is 11.3. The van der Waals surface area contributed by atoms with E-state index in [0.29, 0.717) is 6.61 Å². The molecule has 0 aromatic heterocycles. The second-order valence-electron chi connectivity index (χ2n) is 3.68. The van der Waals surface area contributed by atoms with E-state index in [-0.39, 0.29) is 0 Å². The third-order valence-corrected chi connectivity index (χ3v) is 2.45. The lowest BCUT2D eigenvalue weighted by Gasteiger charge is -2.19. The van der Waals surface area contributed by atoms with Crippen LogP contribution in [0.15, 0.2) is 24.3 Å². The van der Waals surface area contributed by atoms with Crippen molar-refractivity contribution in [3.05, 3.63) is 29.8 Å². The van der Waals surface area contributed by atoms with Crippen molar-refractivity contribution in [2.75, 3.05) is 32.2 Å². The third-order valence-electron chi connectivity index (χ3n) is 2.45. The highest BCUT2D eigenvalue weighted by molar-refractivity contribution is 5.47. The van der Waals surface area contributed by atoms with Gasteiger partial charge in [0.1, 0.15) is 0 Å². The number of nitrogens with zero attached hydrogens (tertiary/aromatic N) is 1. The molecule has 1 aromatic rings. The van der Waals surface area contributed by atoms with Crippen molar-refractivity contribution < 1.29 is 9.84 Å². The second kappa shape index (κ2) is 5.73. The molecule has 0 aliphatic carbocycles. The lowest BCUT2D eigenvalue weighted by atomic mass is 10.1. The van der Waals surface area contributed by atoms with Crippen LogP contribution in [0.1, 0.15) is 18.6 Å². The van der Waals surface area contributed by atoms with Crippen LogP contribution in [0.3, 0.4) is 0 Å². The highest BCUT2D eigenvalue weighted by Crippen LogP contribution is 2.17. The fraction of sp³-hybridized carbons (Fsp3) is 0.500. The molecule has 1 atom stereocenters. The van der Waals surface area contributed by atoms with Crippen LogP contribution in [0, 0.1) is 0 Å². The molecule has 0 aliphatic heterocycles. The number of methoxy groups -OCH3 is 1. The van der Waals surface area contributed by atoms with Gasteiger partial charge < -0.3 is 14.7 Å². The number of aliphatic hydroxyl groups is 1. The van der Waals surface area contributed by atoms with Crippen LogP contribution in [0.4, 0.5) is 5.69 Å². The molecule has 84 valence electrons. The van der Waals surface area contributed by atoms with E-state index < -0.39 is 6.10 Å². The highest BCUT2D eigenvalue weighted by atomic mass is 16.5. The molecule has 0 saturated heterocycles. The van der Waals surface area contributed by atoms with E-state index in [4.69, 9.17) is 4.74 Å². The maximum atomic E-state index is 9.36. The number of ether oxygens (including phenoxy) is 1. The summed E-state index contributed by atoms with van der Waals surface area (Å²) < 4.78 is 5.01. The molecule has 1 N–H and O–H groups in total. The Labute approximate surface area is 91.3 Å². The highest BCUT2D eigenvalue weighted by Gasteiger charge is 2.02. The average Bonchev–Trinajstić information content (AvgIpc) is 2.26. The van der Waals surface area contributed by atoms with Crippen molar-refractivity contribution in [3.8, 4) is 0 Å². The first-order valence-corrected chi connectivity index (χ1v) is 5.13. The van der Waals surface area contributed by atoms with E-state index in [1.807, 2.05) is 31.3 Å². The summed E-state index contributed by atoms with van der Waals surface area (Å²) in [5.74, 6) is 0. The fourth-order valence-electron chi connectivity index (χ4n) is 1.36. The summed E-state index contributed by atoms with van der Waals surface area (Å²) in [6.07, 6.45) is -0.400. The predicted octanol–water partition coefficient (Wildman–Crippen LogP) is 1.82. The second-order valence-corrected chi connectivity index (χ2v) is 3.68. The minimum atomic E-state index is -0.400. The van der Waals surface area contributed by atoms with E-state index in [9.17, 15) is 5.11 Å². The van der Waals surface area contributed by atoms with E-state index >= 15 is 0 Å². The topological polar surface area (TPSA) is 32.7 Å². The summed E-state index contributed by atoms with van der Waals surface area (Å²) in [6.45, 7) is 3.35. The van der Waals surface area contributed by atoms with Crippen LogP contribution in [-0.2, 0) is 4.74 Å². The normalized spacial score (nSPS) is 12.5. The molecule has 0 radical (unpaired) electrons. The quantitative estimate of drug-likeness (QED) is 0.803. The Morgan fingerprint density at radius 1 is 1.33 bits per heavy atom. The number of rotatable bonds is 5. The fourth-order valence-corrected chi connectivity index (χ4v) is 1.36. The molecule has 3 nitrogen and oxygen atoms in total. The molecule has 0 aliphatic rings. The number of benzene rings is 1. The summed E-state index contributed by atoms with van der Waals surface area (Å²) in [4.78, 5) is 2.12. The number of aliphatic hydroxyl groups excluding tert-OH is 1. The van der Waals surface area contributed by atoms with Gasteiger partial charge in [0.15, 0.2) is 0 Å². The average molecular weight is 209 g/mol. The number of likely N-dealkylation sites (N-methyl/N-ethyl adjacent to an activating group) is 1. The van der Waals surface area contributed by atoms with Gasteiger partial charge in [-0.3, -0.25) is 0 Å². The van der Waals surface area contributed by atoms with Gasteiger partial charge in [0, 0.05) is 26.4 Å². The zero-order valence-corrected chi connectivity index (χ0v) is 9.60. The minimum Gasteiger partial charge on any atom is -0.389 e. The van der Waals surface area contributed by atoms with Crippen LogP contribution in [-0.4, -0.2) is 32.4 Å². The first-order valence-electron chi connectivity index (χ1n) is 5.13. The largest absolute Gasteiger partial charge is 0.389 e. The molecule has 1 rings (SSSR count). The summed E-state index contributed by atoms with van der Waals surface area (Å²) >= 11 is 0. The Morgan fingerprint density at radius 3 is 2.40 bits per heavy atom. The molecular formula is C12H19NO2. The molecule has 0 amide bonds. The summed E-state index contributed by atoms with van der Waals surface area (Å²) in [5.41, 5.74) is 2.08. The molecule has 0 bridgehead atoms. The van der Waals surface area contributed by atoms with E-state index in [2.05, 4.69) is 4.90 Å². The van der Waals surface area contributed by atoms with Crippen LogP contribution in [0.5, 0.6) is 0 Å². The molecule has 1 aromatic carbocycles. The number of anilines is 1. The lowest BCUT2D eigenvalue weighted by Crippen LogP contribution is -2.21. The first kappa shape index (κ1) is 12.0. The molecule has 0 unspecified atom stereocenters. The monoisotopic (exact) mass is 209 g/mol. The van der Waals surface area contributed by atoms with Crippen molar-refractivity contribution >= 4 is 5.69 Å². The van der Waals surface area contributed by atoms with Gasteiger partial charge in [-0.2, -0.15) is 0 Å². The van der Waals surface area contributed by atoms with Crippen molar-refractivity contribution in [2.24, 2.45) is 0 Å². The van der Waals surface area contributed by atoms with Gasteiger partial charge >= 0.3 is 0 Å². The van der Waals surface area contributed by atoms with Gasteiger partial charge in [-0.05, 0) is 24.6 Å². The Bertz CT molecular complexity index is 282. The van der Waals surface area contributed by atoms with Gasteiger partial charge in [0.05, 0.1) is 12.7 Å². The van der Waals surface area contributed by atoms with Gasteiger partial charge in [0.25, 0.3) is 0 Å². The molecule has 0 saturated carbocycles. The Balaban J connectivity index is 2.62. The molecule has 15 heavy (non-hydrogen) atoms. The molecule has 3 heteroatoms. The Kier molecular flexibility index (Phi) is 4.59. The van der Waals surface area contributed by atoms with Crippen LogP contribution >= 0.6 is 0 Å². The Morgan fingerprint density at radius 2 is 1.93 bits per heavy atom. The SMILES string of the molecule is COCCN(C)c1ccc([C@@H](C)O)cc1. The minimum absolute atomic E-state index is 0.400. The first-order chi connectivity index (χ1) is 7.15. The predicted molar refractivity (Wildman–Crippen MR) is 62.2 cm³/mol. The third kappa shape index (κ3) is 3.53. The zero-order valence-electron chi connectivity index (χ0n) is 9.60. The molecule has 0 heterocycles. The van der Waals surface area contributed by atoms with Crippen LogP contribution in [0.25, 0.3) is 0 Å². The summed E-state index contributed by atoms with van der Waals surface area (Å²) in [5, 5.41) is 9.36. The standard InChI is InChI=1S/C12H19NO2/c1-10(14)11-4-6-12(7-5-11)13(2)8-9-15-3/h4-7,10,14H,8-9H2,1-3H3/t10-/m1/s1. The van der Waals surface area contributed by atoms with Crippen LogP contribution < -0.4 is 4.90 Å². The van der Waals surface area contributed by atoms with Crippen molar-refractivity contribution in [3.63, 3.8) is 0 Å².